The molecule has 0 aliphatic carbocycles. The first-order chi connectivity index (χ1) is 10.0. The van der Waals surface area contributed by atoms with Gasteiger partial charge in [-0.3, -0.25) is 4.79 Å². The first-order valence-corrected chi connectivity index (χ1v) is 7.97. The maximum Gasteiger partial charge on any atom is 0.237 e. The van der Waals surface area contributed by atoms with Crippen LogP contribution in [0.5, 0.6) is 11.5 Å². The zero-order chi connectivity index (χ0) is 15.4. The minimum Gasteiger partial charge on any atom is -0.486 e. The highest BCUT2D eigenvalue weighted by Gasteiger charge is 2.21. The number of amides is 1. The second-order valence-electron chi connectivity index (χ2n) is 5.14. The van der Waals surface area contributed by atoms with E-state index in [1.807, 2.05) is 26.0 Å². The number of nitrogens with two attached hydrogens (primary N) is 1. The lowest BCUT2D eigenvalue weighted by atomic mass is 10.1. The Morgan fingerprint density at radius 2 is 2.00 bits per heavy atom. The lowest BCUT2D eigenvalue weighted by molar-refractivity contribution is -0.123. The molecule has 0 saturated heterocycles. The van der Waals surface area contributed by atoms with Crippen LogP contribution in [-0.2, 0) is 4.79 Å². The van der Waals surface area contributed by atoms with E-state index < -0.39 is 6.04 Å². The van der Waals surface area contributed by atoms with Crippen LogP contribution >= 0.6 is 15.9 Å². The van der Waals surface area contributed by atoms with Crippen LogP contribution in [0.25, 0.3) is 0 Å². The third-order valence-electron chi connectivity index (χ3n) is 3.42. The van der Waals surface area contributed by atoms with Crippen LogP contribution in [-0.4, -0.2) is 25.2 Å². The predicted octanol–water partition coefficient (Wildman–Crippen LogP) is 2.52. The van der Waals surface area contributed by atoms with Crippen molar-refractivity contribution in [3.63, 3.8) is 0 Å². The van der Waals surface area contributed by atoms with E-state index in [-0.39, 0.29) is 11.9 Å². The molecule has 0 aromatic heterocycles. The summed E-state index contributed by atoms with van der Waals surface area (Å²) in [5.74, 6) is 1.29. The lowest BCUT2D eigenvalue weighted by Gasteiger charge is -2.23. The highest BCUT2D eigenvalue weighted by Crippen LogP contribution is 2.37. The quantitative estimate of drug-likeness (QED) is 0.849. The number of ether oxygens (including phenoxy) is 2. The molecule has 0 saturated carbocycles. The maximum absolute atomic E-state index is 12.0. The molecule has 0 radical (unpaired) electrons. The van der Waals surface area contributed by atoms with Crippen LogP contribution in [0.2, 0.25) is 0 Å². The van der Waals surface area contributed by atoms with E-state index in [1.54, 1.807) is 0 Å². The molecule has 1 aliphatic rings. The molecule has 116 valence electrons. The highest BCUT2D eigenvalue weighted by molar-refractivity contribution is 9.10. The Labute approximate surface area is 133 Å². The van der Waals surface area contributed by atoms with Crippen LogP contribution in [0.4, 0.5) is 0 Å². The minimum atomic E-state index is -0.464. The predicted molar refractivity (Wildman–Crippen MR) is 84.6 cm³/mol. The van der Waals surface area contributed by atoms with Gasteiger partial charge in [0.1, 0.15) is 13.2 Å². The van der Waals surface area contributed by atoms with Crippen LogP contribution in [0.1, 0.15) is 38.3 Å². The Morgan fingerprint density at radius 1 is 1.38 bits per heavy atom. The van der Waals surface area contributed by atoms with E-state index in [9.17, 15) is 4.79 Å². The second-order valence-corrected chi connectivity index (χ2v) is 6.00. The molecule has 1 amide bonds. The molecule has 1 aliphatic heterocycles. The Kier molecular flexibility index (Phi) is 5.47. The fraction of sp³-hybridized carbons (Fsp3) is 0.533. The molecule has 5 nitrogen and oxygen atoms in total. The van der Waals surface area contributed by atoms with Gasteiger partial charge in [0.05, 0.1) is 12.1 Å². The standard InChI is InChI=1S/C15H21BrN2O3/c1-3-4-12(17)15(19)18-9(2)10-7-13-14(8-11(10)16)21-6-5-20-13/h7-9,12H,3-6,17H2,1-2H3,(H,18,19). The summed E-state index contributed by atoms with van der Waals surface area (Å²) >= 11 is 3.52. The van der Waals surface area contributed by atoms with Gasteiger partial charge in [0.2, 0.25) is 5.91 Å². The van der Waals surface area contributed by atoms with Crippen molar-refractivity contribution in [1.29, 1.82) is 0 Å². The number of hydrogen-bond donors (Lipinski definition) is 2. The van der Waals surface area contributed by atoms with Gasteiger partial charge in [-0.2, -0.15) is 0 Å². The smallest absolute Gasteiger partial charge is 0.237 e. The van der Waals surface area contributed by atoms with E-state index in [4.69, 9.17) is 15.2 Å². The molecule has 0 spiro atoms. The first kappa shape index (κ1) is 16.1. The average Bonchev–Trinajstić information content (AvgIpc) is 2.46. The summed E-state index contributed by atoms with van der Waals surface area (Å²) in [6.45, 7) is 5.02. The molecular formula is C15H21BrN2O3. The maximum atomic E-state index is 12.0. The Hall–Kier alpha value is -1.27. The van der Waals surface area contributed by atoms with E-state index in [1.165, 1.54) is 0 Å². The van der Waals surface area contributed by atoms with E-state index in [2.05, 4.69) is 21.2 Å². The number of fused-ring (bicyclic) bond motifs is 1. The number of nitrogens with one attached hydrogen (secondary N) is 1. The van der Waals surface area contributed by atoms with Crippen LogP contribution in [0.15, 0.2) is 16.6 Å². The fourth-order valence-corrected chi connectivity index (χ4v) is 2.92. The number of benzene rings is 1. The minimum absolute atomic E-state index is 0.133. The van der Waals surface area contributed by atoms with Gasteiger partial charge in [-0.15, -0.1) is 0 Å². The van der Waals surface area contributed by atoms with Gasteiger partial charge in [0, 0.05) is 4.47 Å². The SMILES string of the molecule is CCCC(N)C(=O)NC(C)c1cc2c(cc1Br)OCCO2. The summed E-state index contributed by atoms with van der Waals surface area (Å²) in [5.41, 5.74) is 6.78. The van der Waals surface area contributed by atoms with Crippen molar-refractivity contribution in [3.8, 4) is 11.5 Å². The molecule has 1 aromatic rings. The van der Waals surface area contributed by atoms with Crippen molar-refractivity contribution < 1.29 is 14.3 Å². The van der Waals surface area contributed by atoms with Gasteiger partial charge in [-0.1, -0.05) is 29.3 Å². The molecule has 1 heterocycles. The molecule has 21 heavy (non-hydrogen) atoms. The summed E-state index contributed by atoms with van der Waals surface area (Å²) < 4.78 is 12.0. The van der Waals surface area contributed by atoms with Gasteiger partial charge in [0.15, 0.2) is 11.5 Å². The first-order valence-electron chi connectivity index (χ1n) is 7.18. The zero-order valence-electron chi connectivity index (χ0n) is 12.3. The van der Waals surface area contributed by atoms with Gasteiger partial charge >= 0.3 is 0 Å². The van der Waals surface area contributed by atoms with E-state index >= 15 is 0 Å². The molecule has 3 N–H and O–H groups in total. The molecule has 0 fully saturated rings. The van der Waals surface area contributed by atoms with Crippen molar-refractivity contribution in [1.82, 2.24) is 5.32 Å². The Bertz CT molecular complexity index is 522. The molecule has 2 atom stereocenters. The Balaban J connectivity index is 2.12. The normalized spacial score (nSPS) is 16.2. The number of hydrogen-bond acceptors (Lipinski definition) is 4. The van der Waals surface area contributed by atoms with Crippen molar-refractivity contribution >= 4 is 21.8 Å². The summed E-state index contributed by atoms with van der Waals surface area (Å²) in [7, 11) is 0. The third kappa shape index (κ3) is 3.89. The second kappa shape index (κ2) is 7.13. The molecule has 2 unspecified atom stereocenters. The number of carbonyl (C=O) groups is 1. The summed E-state index contributed by atoms with van der Waals surface area (Å²) in [6, 6.07) is 3.15. The monoisotopic (exact) mass is 356 g/mol. The van der Waals surface area contributed by atoms with E-state index in [0.717, 1.165) is 22.2 Å². The highest BCUT2D eigenvalue weighted by atomic mass is 79.9. The number of carbonyl (C=O) groups excluding carboxylic acids is 1. The molecule has 1 aromatic carbocycles. The third-order valence-corrected chi connectivity index (χ3v) is 4.11. The van der Waals surface area contributed by atoms with Crippen molar-refractivity contribution in [2.75, 3.05) is 13.2 Å². The Morgan fingerprint density at radius 3 is 2.62 bits per heavy atom. The topological polar surface area (TPSA) is 73.6 Å². The molecule has 6 heteroatoms. The van der Waals surface area contributed by atoms with Gasteiger partial charge in [-0.05, 0) is 31.0 Å². The average molecular weight is 357 g/mol. The molecular weight excluding hydrogens is 336 g/mol. The lowest BCUT2D eigenvalue weighted by Crippen LogP contribution is -2.41. The number of rotatable bonds is 5. The molecule has 0 bridgehead atoms. The summed E-state index contributed by atoms with van der Waals surface area (Å²) in [5, 5.41) is 2.94. The van der Waals surface area contributed by atoms with Crippen LogP contribution in [0, 0.1) is 0 Å². The fourth-order valence-electron chi connectivity index (χ4n) is 2.25. The van der Waals surface area contributed by atoms with Crippen molar-refractivity contribution in [2.24, 2.45) is 5.73 Å². The summed E-state index contributed by atoms with van der Waals surface area (Å²) in [4.78, 5) is 12.0. The van der Waals surface area contributed by atoms with Crippen LogP contribution in [0.3, 0.4) is 0 Å². The van der Waals surface area contributed by atoms with E-state index in [0.29, 0.717) is 25.4 Å². The van der Waals surface area contributed by atoms with Gasteiger partial charge in [-0.25, -0.2) is 0 Å². The van der Waals surface area contributed by atoms with Crippen molar-refractivity contribution in [3.05, 3.63) is 22.2 Å². The summed E-state index contributed by atoms with van der Waals surface area (Å²) in [6.07, 6.45) is 1.57. The largest absolute Gasteiger partial charge is 0.486 e. The molecule has 2 rings (SSSR count). The van der Waals surface area contributed by atoms with Crippen molar-refractivity contribution in [2.45, 2.75) is 38.8 Å². The van der Waals surface area contributed by atoms with Gasteiger partial charge in [0.25, 0.3) is 0 Å². The van der Waals surface area contributed by atoms with Crippen LogP contribution < -0.4 is 20.5 Å². The number of halogens is 1. The zero-order valence-corrected chi connectivity index (χ0v) is 13.9. The van der Waals surface area contributed by atoms with Gasteiger partial charge < -0.3 is 20.5 Å².